The molecule has 3 nitrogen and oxygen atoms in total. The first-order valence-electron chi connectivity index (χ1n) is 6.33. The smallest absolute Gasteiger partial charge is 0.223 e. The summed E-state index contributed by atoms with van der Waals surface area (Å²) in [4.78, 5) is 13.8. The van der Waals surface area contributed by atoms with Gasteiger partial charge >= 0.3 is 0 Å². The van der Waals surface area contributed by atoms with Crippen LogP contribution in [0, 0.1) is 0 Å². The molecule has 1 N–H and O–H groups in total. The average Bonchev–Trinajstić information content (AvgIpc) is 2.66. The van der Waals surface area contributed by atoms with E-state index in [0.717, 1.165) is 24.9 Å². The minimum Gasteiger partial charge on any atom is -0.390 e. The molecule has 1 heterocycles. The van der Waals surface area contributed by atoms with Crippen molar-refractivity contribution >= 4 is 5.91 Å². The first kappa shape index (κ1) is 10.8. The van der Waals surface area contributed by atoms with Gasteiger partial charge in [-0.05, 0) is 24.0 Å². The van der Waals surface area contributed by atoms with Crippen molar-refractivity contribution in [3.63, 3.8) is 0 Å². The van der Waals surface area contributed by atoms with Gasteiger partial charge in [-0.25, -0.2) is 0 Å². The van der Waals surface area contributed by atoms with E-state index in [1.807, 2.05) is 29.2 Å². The van der Waals surface area contributed by atoms with E-state index in [1.165, 1.54) is 5.56 Å². The number of aliphatic hydroxyl groups is 1. The summed E-state index contributed by atoms with van der Waals surface area (Å²) in [5, 5.41) is 10.2. The summed E-state index contributed by atoms with van der Waals surface area (Å²) in [6.45, 7) is 0.787. The molecule has 2 atom stereocenters. The van der Waals surface area contributed by atoms with Crippen LogP contribution in [-0.4, -0.2) is 28.6 Å². The SMILES string of the molecule is O=C1CCCCN1C1c2ccccc2CC1O. The molecule has 2 unspecified atom stereocenters. The Morgan fingerprint density at radius 2 is 2.06 bits per heavy atom. The normalized spacial score (nSPS) is 28.3. The topological polar surface area (TPSA) is 40.5 Å². The maximum absolute atomic E-state index is 12.0. The second-order valence-corrected chi connectivity index (χ2v) is 4.96. The lowest BCUT2D eigenvalue weighted by Crippen LogP contribution is -2.41. The molecule has 1 aliphatic carbocycles. The zero-order valence-electron chi connectivity index (χ0n) is 9.80. The molecule has 17 heavy (non-hydrogen) atoms. The Morgan fingerprint density at radius 3 is 2.88 bits per heavy atom. The largest absolute Gasteiger partial charge is 0.390 e. The number of carbonyl (C=O) groups excluding carboxylic acids is 1. The fourth-order valence-corrected chi connectivity index (χ4v) is 3.05. The summed E-state index contributed by atoms with van der Waals surface area (Å²) in [6, 6.07) is 7.95. The Morgan fingerprint density at radius 1 is 1.24 bits per heavy atom. The summed E-state index contributed by atoms with van der Waals surface area (Å²) in [7, 11) is 0. The molecule has 0 bridgehead atoms. The Kier molecular flexibility index (Phi) is 2.63. The Hall–Kier alpha value is -1.35. The van der Waals surface area contributed by atoms with Gasteiger partial charge in [0.2, 0.25) is 5.91 Å². The first-order chi connectivity index (χ1) is 8.27. The second-order valence-electron chi connectivity index (χ2n) is 4.96. The highest BCUT2D eigenvalue weighted by molar-refractivity contribution is 5.77. The van der Waals surface area contributed by atoms with E-state index in [-0.39, 0.29) is 11.9 Å². The van der Waals surface area contributed by atoms with Gasteiger partial charge in [-0.15, -0.1) is 0 Å². The van der Waals surface area contributed by atoms with Crippen molar-refractivity contribution in [2.75, 3.05) is 6.54 Å². The second kappa shape index (κ2) is 4.15. The van der Waals surface area contributed by atoms with Crippen LogP contribution >= 0.6 is 0 Å². The highest BCUT2D eigenvalue weighted by atomic mass is 16.3. The van der Waals surface area contributed by atoms with Crippen LogP contribution in [0.25, 0.3) is 0 Å². The van der Waals surface area contributed by atoms with Gasteiger partial charge in [0.1, 0.15) is 0 Å². The van der Waals surface area contributed by atoms with Gasteiger partial charge in [-0.3, -0.25) is 4.79 Å². The lowest BCUT2D eigenvalue weighted by molar-refractivity contribution is -0.138. The van der Waals surface area contributed by atoms with Gasteiger partial charge in [-0.1, -0.05) is 24.3 Å². The van der Waals surface area contributed by atoms with E-state index in [9.17, 15) is 9.90 Å². The predicted octanol–water partition coefficient (Wildman–Crippen LogP) is 1.66. The zero-order valence-corrected chi connectivity index (χ0v) is 9.80. The number of benzene rings is 1. The highest BCUT2D eigenvalue weighted by Gasteiger charge is 2.38. The fraction of sp³-hybridized carbons (Fsp3) is 0.500. The molecular formula is C14H17NO2. The van der Waals surface area contributed by atoms with Crippen molar-refractivity contribution in [1.29, 1.82) is 0 Å². The van der Waals surface area contributed by atoms with Crippen LogP contribution in [0.2, 0.25) is 0 Å². The number of hydrogen-bond acceptors (Lipinski definition) is 2. The average molecular weight is 231 g/mol. The van der Waals surface area contributed by atoms with Gasteiger partial charge in [0.25, 0.3) is 0 Å². The lowest BCUT2D eigenvalue weighted by atomic mass is 10.0. The number of amides is 1. The van der Waals surface area contributed by atoms with Gasteiger partial charge < -0.3 is 10.0 Å². The Labute approximate surface area is 101 Å². The third-order valence-corrected chi connectivity index (χ3v) is 3.86. The maximum Gasteiger partial charge on any atom is 0.223 e. The molecule has 0 radical (unpaired) electrons. The number of rotatable bonds is 1. The summed E-state index contributed by atoms with van der Waals surface area (Å²) in [6.07, 6.45) is 2.90. The number of hydrogen-bond donors (Lipinski definition) is 1. The van der Waals surface area contributed by atoms with E-state index in [0.29, 0.717) is 12.8 Å². The molecule has 3 heteroatoms. The van der Waals surface area contributed by atoms with Gasteiger partial charge in [-0.2, -0.15) is 0 Å². The molecule has 2 aliphatic rings. The summed E-state index contributed by atoms with van der Waals surface area (Å²) >= 11 is 0. The molecule has 0 spiro atoms. The summed E-state index contributed by atoms with van der Waals surface area (Å²) in [5.41, 5.74) is 2.32. The molecular weight excluding hydrogens is 214 g/mol. The minimum absolute atomic E-state index is 0.112. The van der Waals surface area contributed by atoms with Crippen LogP contribution < -0.4 is 0 Å². The monoisotopic (exact) mass is 231 g/mol. The third-order valence-electron chi connectivity index (χ3n) is 3.86. The van der Waals surface area contributed by atoms with Gasteiger partial charge in [0, 0.05) is 19.4 Å². The highest BCUT2D eigenvalue weighted by Crippen LogP contribution is 2.37. The minimum atomic E-state index is -0.436. The van der Waals surface area contributed by atoms with E-state index in [1.54, 1.807) is 0 Å². The van der Waals surface area contributed by atoms with Crippen molar-refractivity contribution in [1.82, 2.24) is 4.90 Å². The molecule has 1 saturated heterocycles. The van der Waals surface area contributed by atoms with Crippen LogP contribution in [0.1, 0.15) is 36.4 Å². The maximum atomic E-state index is 12.0. The number of likely N-dealkylation sites (tertiary alicyclic amines) is 1. The number of nitrogens with zero attached hydrogens (tertiary/aromatic N) is 1. The number of carbonyl (C=O) groups is 1. The quantitative estimate of drug-likeness (QED) is 0.798. The summed E-state index contributed by atoms with van der Waals surface area (Å²) < 4.78 is 0. The Balaban J connectivity index is 1.94. The molecule has 0 aromatic heterocycles. The number of aliphatic hydroxyl groups excluding tert-OH is 1. The van der Waals surface area contributed by atoms with Gasteiger partial charge in [0.15, 0.2) is 0 Å². The van der Waals surface area contributed by atoms with Crippen LogP contribution in [0.4, 0.5) is 0 Å². The van der Waals surface area contributed by atoms with E-state index in [4.69, 9.17) is 0 Å². The molecule has 1 amide bonds. The van der Waals surface area contributed by atoms with Crippen molar-refractivity contribution in [3.05, 3.63) is 35.4 Å². The predicted molar refractivity (Wildman–Crippen MR) is 64.5 cm³/mol. The van der Waals surface area contributed by atoms with Crippen molar-refractivity contribution in [2.24, 2.45) is 0 Å². The molecule has 3 rings (SSSR count). The zero-order chi connectivity index (χ0) is 11.8. The van der Waals surface area contributed by atoms with Crippen LogP contribution in [-0.2, 0) is 11.2 Å². The summed E-state index contributed by atoms with van der Waals surface area (Å²) in [5.74, 6) is 0.192. The first-order valence-corrected chi connectivity index (χ1v) is 6.33. The standard InChI is InChI=1S/C14H17NO2/c16-12-9-10-5-1-2-6-11(10)14(12)15-8-4-3-7-13(15)17/h1-2,5-6,12,14,16H,3-4,7-9H2. The van der Waals surface area contributed by atoms with E-state index in [2.05, 4.69) is 0 Å². The molecule has 0 saturated carbocycles. The van der Waals surface area contributed by atoms with E-state index >= 15 is 0 Å². The van der Waals surface area contributed by atoms with Crippen LogP contribution in [0.15, 0.2) is 24.3 Å². The van der Waals surface area contributed by atoms with Crippen LogP contribution in [0.5, 0.6) is 0 Å². The van der Waals surface area contributed by atoms with Gasteiger partial charge in [0.05, 0.1) is 12.1 Å². The molecule has 1 aliphatic heterocycles. The number of piperidine rings is 1. The molecule has 1 fully saturated rings. The molecule has 1 aromatic rings. The van der Waals surface area contributed by atoms with Crippen molar-refractivity contribution in [3.8, 4) is 0 Å². The van der Waals surface area contributed by atoms with E-state index < -0.39 is 6.10 Å². The number of fused-ring (bicyclic) bond motifs is 1. The van der Waals surface area contributed by atoms with Crippen molar-refractivity contribution in [2.45, 2.75) is 37.8 Å². The van der Waals surface area contributed by atoms with Crippen LogP contribution in [0.3, 0.4) is 0 Å². The molecule has 90 valence electrons. The lowest BCUT2D eigenvalue weighted by Gasteiger charge is -2.34. The fourth-order valence-electron chi connectivity index (χ4n) is 3.05. The Bertz CT molecular complexity index is 444. The molecule has 1 aromatic carbocycles. The van der Waals surface area contributed by atoms with Crippen molar-refractivity contribution < 1.29 is 9.90 Å². The third kappa shape index (κ3) is 1.75.